The van der Waals surface area contributed by atoms with Crippen LogP contribution in [0.1, 0.15) is 36.6 Å². The predicted molar refractivity (Wildman–Crippen MR) is 100 cm³/mol. The molecule has 0 bridgehead atoms. The number of anilines is 3. The Labute approximate surface area is 152 Å². The number of ether oxygens (including phenoxy) is 1. The number of methoxy groups -OCH3 is 1. The summed E-state index contributed by atoms with van der Waals surface area (Å²) in [5.41, 5.74) is 9.12. The number of nitrogen functional groups attached to an aromatic ring is 1. The molecule has 3 N–H and O–H groups in total. The summed E-state index contributed by atoms with van der Waals surface area (Å²) in [4.78, 5) is 27.5. The van der Waals surface area contributed by atoms with E-state index < -0.39 is 0 Å². The van der Waals surface area contributed by atoms with Gasteiger partial charge in [-0.3, -0.25) is 9.78 Å². The van der Waals surface area contributed by atoms with Gasteiger partial charge in [-0.2, -0.15) is 4.98 Å². The first kappa shape index (κ1) is 17.9. The zero-order valence-corrected chi connectivity index (χ0v) is 15.5. The first-order valence-electron chi connectivity index (χ1n) is 8.65. The van der Waals surface area contributed by atoms with Crippen LogP contribution in [0.4, 0.5) is 17.5 Å². The maximum atomic E-state index is 12.6. The van der Waals surface area contributed by atoms with Gasteiger partial charge in [0, 0.05) is 17.3 Å². The van der Waals surface area contributed by atoms with Gasteiger partial charge < -0.3 is 20.7 Å². The van der Waals surface area contributed by atoms with Gasteiger partial charge in [0.2, 0.25) is 11.9 Å². The lowest BCUT2D eigenvalue weighted by atomic mass is 10.0. The van der Waals surface area contributed by atoms with Crippen LogP contribution in [-0.4, -0.2) is 34.0 Å². The molecule has 1 aliphatic heterocycles. The lowest BCUT2D eigenvalue weighted by Gasteiger charge is -2.37. The summed E-state index contributed by atoms with van der Waals surface area (Å²) in [6.45, 7) is 6.42. The van der Waals surface area contributed by atoms with E-state index in [0.29, 0.717) is 24.5 Å². The Morgan fingerprint density at radius 1 is 1.31 bits per heavy atom. The molecule has 2 aromatic rings. The van der Waals surface area contributed by atoms with Crippen LogP contribution in [0.25, 0.3) is 0 Å². The van der Waals surface area contributed by atoms with Gasteiger partial charge in [-0.05, 0) is 20.3 Å². The van der Waals surface area contributed by atoms with Crippen LogP contribution in [0, 0.1) is 13.8 Å². The van der Waals surface area contributed by atoms with Crippen molar-refractivity contribution in [3.05, 3.63) is 29.2 Å². The van der Waals surface area contributed by atoms with Crippen molar-refractivity contribution in [3.63, 3.8) is 0 Å². The number of nitrogens with one attached hydrogen (secondary N) is 1. The molecule has 26 heavy (non-hydrogen) atoms. The lowest BCUT2D eigenvalue weighted by Crippen LogP contribution is -2.48. The van der Waals surface area contributed by atoms with Crippen molar-refractivity contribution in [2.24, 2.45) is 0 Å². The van der Waals surface area contributed by atoms with Crippen molar-refractivity contribution in [1.82, 2.24) is 15.0 Å². The largest absolute Gasteiger partial charge is 0.496 e. The van der Waals surface area contributed by atoms with Gasteiger partial charge in [-0.25, -0.2) is 4.98 Å². The van der Waals surface area contributed by atoms with E-state index in [-0.39, 0.29) is 17.9 Å². The molecule has 0 aromatic carbocycles. The Bertz CT molecular complexity index is 839. The van der Waals surface area contributed by atoms with Crippen LogP contribution in [0.5, 0.6) is 5.75 Å². The highest BCUT2D eigenvalue weighted by molar-refractivity contribution is 6.02. The summed E-state index contributed by atoms with van der Waals surface area (Å²) in [5.74, 6) is 1.54. The second kappa shape index (κ2) is 7.15. The normalized spacial score (nSPS) is 16.2. The maximum Gasteiger partial charge on any atom is 0.247 e. The van der Waals surface area contributed by atoms with Crippen LogP contribution in [0.3, 0.4) is 0 Å². The third-order valence-corrected chi connectivity index (χ3v) is 4.63. The van der Waals surface area contributed by atoms with Crippen LogP contribution in [-0.2, 0) is 11.3 Å². The molecule has 0 saturated heterocycles. The molecular weight excluding hydrogens is 332 g/mol. The van der Waals surface area contributed by atoms with E-state index in [4.69, 9.17) is 10.5 Å². The second-order valence-electron chi connectivity index (χ2n) is 6.43. The first-order valence-corrected chi connectivity index (χ1v) is 8.65. The number of fused-ring (bicyclic) bond motifs is 1. The van der Waals surface area contributed by atoms with E-state index in [1.54, 1.807) is 19.5 Å². The standard InChI is InChI=1S/C18H24N6O2/c1-5-6-14-17(25)22-12-8-21-18(19)23-16(12)24(14)9-13-11(3)15(26-4)10(2)7-20-13/h7-8,14H,5-6,9H2,1-4H3,(H,22,25)(H2,19,21,23)/t14-/m1/s1. The Hall–Kier alpha value is -2.90. The molecule has 3 rings (SSSR count). The Balaban J connectivity index is 2.06. The molecule has 8 nitrogen and oxygen atoms in total. The van der Waals surface area contributed by atoms with E-state index in [2.05, 4.69) is 20.3 Å². The number of nitrogens with zero attached hydrogens (tertiary/aromatic N) is 4. The fourth-order valence-corrected chi connectivity index (χ4v) is 3.34. The first-order chi connectivity index (χ1) is 12.5. The van der Waals surface area contributed by atoms with Crippen molar-refractivity contribution >= 4 is 23.4 Å². The number of nitrogens with two attached hydrogens (primary N) is 1. The topological polar surface area (TPSA) is 106 Å². The summed E-state index contributed by atoms with van der Waals surface area (Å²) in [6, 6.07) is -0.338. The second-order valence-corrected chi connectivity index (χ2v) is 6.43. The van der Waals surface area contributed by atoms with Gasteiger partial charge in [0.25, 0.3) is 0 Å². The van der Waals surface area contributed by atoms with E-state index in [1.165, 1.54) is 0 Å². The van der Waals surface area contributed by atoms with Crippen LogP contribution < -0.4 is 20.7 Å². The van der Waals surface area contributed by atoms with E-state index in [9.17, 15) is 4.79 Å². The molecule has 0 aliphatic carbocycles. The molecule has 0 unspecified atom stereocenters. The van der Waals surface area contributed by atoms with Gasteiger partial charge in [-0.15, -0.1) is 0 Å². The molecule has 0 radical (unpaired) electrons. The van der Waals surface area contributed by atoms with Gasteiger partial charge in [0.15, 0.2) is 5.82 Å². The molecule has 1 atom stereocenters. The highest BCUT2D eigenvalue weighted by Crippen LogP contribution is 2.34. The predicted octanol–water partition coefficient (Wildman–Crippen LogP) is 2.21. The minimum absolute atomic E-state index is 0.0653. The fourth-order valence-electron chi connectivity index (χ4n) is 3.34. The number of rotatable bonds is 5. The average Bonchev–Trinajstić information content (AvgIpc) is 2.61. The van der Waals surface area contributed by atoms with E-state index >= 15 is 0 Å². The van der Waals surface area contributed by atoms with Crippen LogP contribution in [0.2, 0.25) is 0 Å². The molecule has 3 heterocycles. The number of carbonyl (C=O) groups is 1. The zero-order valence-electron chi connectivity index (χ0n) is 15.5. The summed E-state index contributed by atoms with van der Waals surface area (Å²) in [7, 11) is 1.65. The van der Waals surface area contributed by atoms with Crippen molar-refractivity contribution in [1.29, 1.82) is 0 Å². The smallest absolute Gasteiger partial charge is 0.247 e. The van der Waals surface area contributed by atoms with Crippen LogP contribution >= 0.6 is 0 Å². The fraction of sp³-hybridized carbons (Fsp3) is 0.444. The third kappa shape index (κ3) is 3.14. The van der Waals surface area contributed by atoms with Crippen molar-refractivity contribution < 1.29 is 9.53 Å². The summed E-state index contributed by atoms with van der Waals surface area (Å²) in [6.07, 6.45) is 4.90. The monoisotopic (exact) mass is 356 g/mol. The minimum atomic E-state index is -0.338. The van der Waals surface area contributed by atoms with Gasteiger partial charge >= 0.3 is 0 Å². The average molecular weight is 356 g/mol. The molecule has 1 aliphatic rings. The molecule has 1 amide bonds. The van der Waals surface area contributed by atoms with Gasteiger partial charge in [-0.1, -0.05) is 13.3 Å². The molecule has 0 saturated carbocycles. The number of hydrogen-bond acceptors (Lipinski definition) is 7. The number of aromatic nitrogens is 3. The molecule has 138 valence electrons. The number of carbonyl (C=O) groups excluding carboxylic acids is 1. The molecule has 0 spiro atoms. The maximum absolute atomic E-state index is 12.6. The minimum Gasteiger partial charge on any atom is -0.496 e. The zero-order chi connectivity index (χ0) is 18.8. The lowest BCUT2D eigenvalue weighted by molar-refractivity contribution is -0.117. The molecule has 8 heteroatoms. The molecule has 0 fully saturated rings. The van der Waals surface area contributed by atoms with Gasteiger partial charge in [0.05, 0.1) is 25.5 Å². The highest BCUT2D eigenvalue weighted by atomic mass is 16.5. The Morgan fingerprint density at radius 3 is 2.77 bits per heavy atom. The number of hydrogen-bond donors (Lipinski definition) is 2. The summed E-state index contributed by atoms with van der Waals surface area (Å²) in [5, 5.41) is 2.88. The summed E-state index contributed by atoms with van der Waals surface area (Å²) < 4.78 is 5.51. The number of amides is 1. The molecule has 2 aromatic heterocycles. The van der Waals surface area contributed by atoms with Crippen molar-refractivity contribution in [3.8, 4) is 5.75 Å². The Morgan fingerprint density at radius 2 is 2.08 bits per heavy atom. The van der Waals surface area contributed by atoms with Crippen molar-refractivity contribution in [2.75, 3.05) is 23.1 Å². The van der Waals surface area contributed by atoms with E-state index in [1.807, 2.05) is 25.7 Å². The SMILES string of the molecule is CCC[C@@H]1C(=O)Nc2cnc(N)nc2N1Cc1ncc(C)c(OC)c1C. The third-order valence-electron chi connectivity index (χ3n) is 4.63. The quantitative estimate of drug-likeness (QED) is 0.846. The summed E-state index contributed by atoms with van der Waals surface area (Å²) >= 11 is 0. The van der Waals surface area contributed by atoms with Crippen LogP contribution in [0.15, 0.2) is 12.4 Å². The van der Waals surface area contributed by atoms with Crippen molar-refractivity contribution in [2.45, 2.75) is 46.2 Å². The highest BCUT2D eigenvalue weighted by Gasteiger charge is 2.34. The van der Waals surface area contributed by atoms with Gasteiger partial charge in [0.1, 0.15) is 17.5 Å². The number of aryl methyl sites for hydroxylation is 1. The number of pyridine rings is 1. The Kier molecular flexibility index (Phi) is 4.92. The molecular formula is C18H24N6O2. The van der Waals surface area contributed by atoms with E-state index in [0.717, 1.165) is 29.0 Å².